The van der Waals surface area contributed by atoms with Crippen LogP contribution in [0, 0.1) is 0 Å². The lowest BCUT2D eigenvalue weighted by Crippen LogP contribution is -2.40. The predicted molar refractivity (Wildman–Crippen MR) is 125 cm³/mol. The molecule has 0 aliphatic carbocycles. The molecule has 0 saturated carbocycles. The summed E-state index contributed by atoms with van der Waals surface area (Å²) in [6.45, 7) is 8.21. The molecule has 0 heterocycles. The first-order chi connectivity index (χ1) is 14.6. The number of carbonyl (C=O) groups is 1. The molecule has 6 nitrogen and oxygen atoms in total. The number of nitrogens with one attached hydrogen (secondary N) is 2. The van der Waals surface area contributed by atoms with Crippen molar-refractivity contribution < 1.29 is 17.9 Å². The summed E-state index contributed by atoms with van der Waals surface area (Å²) in [6.07, 6.45) is 5.91. The van der Waals surface area contributed by atoms with E-state index in [0.717, 1.165) is 12.2 Å². The summed E-state index contributed by atoms with van der Waals surface area (Å²) < 4.78 is 33.1. The fourth-order valence-corrected chi connectivity index (χ4v) is 4.40. The Morgan fingerprint density at radius 1 is 0.903 bits per heavy atom. The van der Waals surface area contributed by atoms with Crippen molar-refractivity contribution >= 4 is 21.6 Å². The SMILES string of the molecule is CCCCCCCOc1ccc(C(=O)Nc2ccc(S(=O)(=O)NC(C)(C)C)cc2)cc1. The molecule has 2 aromatic carbocycles. The van der Waals surface area contributed by atoms with Crippen LogP contribution in [0.4, 0.5) is 5.69 Å². The summed E-state index contributed by atoms with van der Waals surface area (Å²) in [4.78, 5) is 12.6. The molecule has 0 bridgehead atoms. The second kappa shape index (κ2) is 11.3. The van der Waals surface area contributed by atoms with Gasteiger partial charge in [0.2, 0.25) is 10.0 Å². The largest absolute Gasteiger partial charge is 0.494 e. The molecule has 0 unspecified atom stereocenters. The Balaban J connectivity index is 1.89. The Bertz CT molecular complexity index is 931. The number of benzene rings is 2. The highest BCUT2D eigenvalue weighted by Gasteiger charge is 2.21. The van der Waals surface area contributed by atoms with E-state index in [4.69, 9.17) is 4.74 Å². The van der Waals surface area contributed by atoms with E-state index < -0.39 is 15.6 Å². The Hall–Kier alpha value is -2.38. The van der Waals surface area contributed by atoms with Crippen LogP contribution >= 0.6 is 0 Å². The summed E-state index contributed by atoms with van der Waals surface area (Å²) in [7, 11) is -3.61. The normalized spacial score (nSPS) is 11.9. The van der Waals surface area contributed by atoms with Crippen LogP contribution in [-0.2, 0) is 10.0 Å². The van der Waals surface area contributed by atoms with Gasteiger partial charge in [-0.1, -0.05) is 32.6 Å². The van der Waals surface area contributed by atoms with Crippen LogP contribution in [0.3, 0.4) is 0 Å². The predicted octanol–water partition coefficient (Wildman–Crippen LogP) is 5.36. The van der Waals surface area contributed by atoms with Crippen LogP contribution in [0.25, 0.3) is 0 Å². The molecule has 170 valence electrons. The number of sulfonamides is 1. The molecule has 2 aromatic rings. The van der Waals surface area contributed by atoms with Gasteiger partial charge in [-0.25, -0.2) is 13.1 Å². The number of unbranched alkanes of at least 4 members (excludes halogenated alkanes) is 4. The maximum Gasteiger partial charge on any atom is 0.255 e. The third-order valence-corrected chi connectivity index (χ3v) is 6.27. The summed E-state index contributed by atoms with van der Waals surface area (Å²) in [5, 5.41) is 2.78. The smallest absolute Gasteiger partial charge is 0.255 e. The van der Waals surface area contributed by atoms with Crippen LogP contribution in [-0.4, -0.2) is 26.5 Å². The molecule has 0 aromatic heterocycles. The molecule has 0 atom stereocenters. The summed E-state index contributed by atoms with van der Waals surface area (Å²) in [5.41, 5.74) is 0.449. The molecule has 31 heavy (non-hydrogen) atoms. The molecule has 1 amide bonds. The molecule has 0 aliphatic heterocycles. The van der Waals surface area contributed by atoms with Gasteiger partial charge in [0.1, 0.15) is 5.75 Å². The zero-order valence-electron chi connectivity index (χ0n) is 18.9. The second-order valence-electron chi connectivity index (χ2n) is 8.62. The van der Waals surface area contributed by atoms with Crippen molar-refractivity contribution in [3.05, 3.63) is 54.1 Å². The van der Waals surface area contributed by atoms with Gasteiger partial charge in [0, 0.05) is 16.8 Å². The van der Waals surface area contributed by atoms with Gasteiger partial charge < -0.3 is 10.1 Å². The third-order valence-electron chi connectivity index (χ3n) is 4.50. The summed E-state index contributed by atoms with van der Waals surface area (Å²) >= 11 is 0. The molecule has 0 radical (unpaired) electrons. The number of carbonyl (C=O) groups excluding carboxylic acids is 1. The molecule has 7 heteroatoms. The first-order valence-corrected chi connectivity index (χ1v) is 12.3. The van der Waals surface area contributed by atoms with Crippen molar-refractivity contribution in [1.29, 1.82) is 0 Å². The molecule has 2 rings (SSSR count). The van der Waals surface area contributed by atoms with Crippen molar-refractivity contribution in [2.75, 3.05) is 11.9 Å². The maximum atomic E-state index is 12.5. The highest BCUT2D eigenvalue weighted by Crippen LogP contribution is 2.18. The van der Waals surface area contributed by atoms with Crippen LogP contribution < -0.4 is 14.8 Å². The zero-order chi connectivity index (χ0) is 22.9. The number of anilines is 1. The summed E-state index contributed by atoms with van der Waals surface area (Å²) in [5.74, 6) is 0.475. The average Bonchev–Trinajstić information content (AvgIpc) is 2.69. The van der Waals surface area contributed by atoms with E-state index in [1.165, 1.54) is 37.8 Å². The van der Waals surface area contributed by atoms with Crippen molar-refractivity contribution in [2.45, 2.75) is 70.2 Å². The molecule has 2 N–H and O–H groups in total. The van der Waals surface area contributed by atoms with E-state index in [0.29, 0.717) is 17.9 Å². The van der Waals surface area contributed by atoms with E-state index in [2.05, 4.69) is 17.0 Å². The minimum Gasteiger partial charge on any atom is -0.494 e. The van der Waals surface area contributed by atoms with Crippen molar-refractivity contribution in [3.8, 4) is 5.75 Å². The Morgan fingerprint density at radius 2 is 1.52 bits per heavy atom. The Morgan fingerprint density at radius 3 is 2.10 bits per heavy atom. The summed E-state index contributed by atoms with van der Waals surface area (Å²) in [6, 6.07) is 13.1. The molecular weight excluding hydrogens is 412 g/mol. The quantitative estimate of drug-likeness (QED) is 0.455. The number of hydrogen-bond donors (Lipinski definition) is 2. The van der Waals surface area contributed by atoms with Gasteiger partial charge >= 0.3 is 0 Å². The highest BCUT2D eigenvalue weighted by atomic mass is 32.2. The average molecular weight is 447 g/mol. The highest BCUT2D eigenvalue weighted by molar-refractivity contribution is 7.89. The third kappa shape index (κ3) is 8.71. The lowest BCUT2D eigenvalue weighted by molar-refractivity contribution is 0.102. The van der Waals surface area contributed by atoms with Gasteiger partial charge in [-0.3, -0.25) is 4.79 Å². The fourth-order valence-electron chi connectivity index (χ4n) is 2.98. The van der Waals surface area contributed by atoms with E-state index in [-0.39, 0.29) is 10.8 Å². The maximum absolute atomic E-state index is 12.5. The zero-order valence-corrected chi connectivity index (χ0v) is 19.7. The van der Waals surface area contributed by atoms with Gasteiger partial charge in [0.15, 0.2) is 0 Å². The molecule has 0 saturated heterocycles. The number of rotatable bonds is 11. The van der Waals surface area contributed by atoms with E-state index in [9.17, 15) is 13.2 Å². The fraction of sp³-hybridized carbons (Fsp3) is 0.458. The van der Waals surface area contributed by atoms with Gasteiger partial charge in [-0.15, -0.1) is 0 Å². The number of hydrogen-bond acceptors (Lipinski definition) is 4. The van der Waals surface area contributed by atoms with E-state index in [1.54, 1.807) is 57.2 Å². The minimum absolute atomic E-state index is 0.150. The lowest BCUT2D eigenvalue weighted by atomic mass is 10.1. The van der Waals surface area contributed by atoms with Gasteiger partial charge in [-0.2, -0.15) is 0 Å². The number of amides is 1. The van der Waals surface area contributed by atoms with E-state index in [1.807, 2.05) is 0 Å². The molecular formula is C24H34N2O4S. The van der Waals surface area contributed by atoms with E-state index >= 15 is 0 Å². The molecule has 0 fully saturated rings. The van der Waals surface area contributed by atoms with Crippen molar-refractivity contribution in [3.63, 3.8) is 0 Å². The second-order valence-corrected chi connectivity index (χ2v) is 10.3. The van der Waals surface area contributed by atoms with Gasteiger partial charge in [-0.05, 0) is 75.7 Å². The van der Waals surface area contributed by atoms with Gasteiger partial charge in [0.25, 0.3) is 5.91 Å². The Labute approximate surface area is 186 Å². The van der Waals surface area contributed by atoms with Crippen molar-refractivity contribution in [2.24, 2.45) is 0 Å². The van der Waals surface area contributed by atoms with Crippen LogP contribution in [0.5, 0.6) is 5.75 Å². The topological polar surface area (TPSA) is 84.5 Å². The van der Waals surface area contributed by atoms with Crippen LogP contribution in [0.2, 0.25) is 0 Å². The molecule has 0 aliphatic rings. The number of ether oxygens (including phenoxy) is 1. The first kappa shape index (κ1) is 24.9. The van der Waals surface area contributed by atoms with Crippen molar-refractivity contribution in [1.82, 2.24) is 4.72 Å². The standard InChI is InChI=1S/C24H34N2O4S/c1-5-6-7-8-9-18-30-21-14-10-19(11-15-21)23(27)25-20-12-16-22(17-13-20)31(28,29)26-24(2,3)4/h10-17,26H,5-9,18H2,1-4H3,(H,25,27). The lowest BCUT2D eigenvalue weighted by Gasteiger charge is -2.20. The van der Waals surface area contributed by atoms with Gasteiger partial charge in [0.05, 0.1) is 11.5 Å². The van der Waals surface area contributed by atoms with Crippen LogP contribution in [0.1, 0.15) is 70.2 Å². The Kier molecular flexibility index (Phi) is 9.07. The first-order valence-electron chi connectivity index (χ1n) is 10.8. The molecule has 0 spiro atoms. The minimum atomic E-state index is -3.61. The monoisotopic (exact) mass is 446 g/mol. The van der Waals surface area contributed by atoms with Crippen LogP contribution in [0.15, 0.2) is 53.4 Å².